The lowest BCUT2D eigenvalue weighted by atomic mass is 10.2. The molecule has 2 amide bonds. The number of carbonyl (C=O) groups is 1. The number of hydrogen-bond acceptors (Lipinski definition) is 3. The predicted octanol–water partition coefficient (Wildman–Crippen LogP) is 0.394. The van der Waals surface area contributed by atoms with Crippen molar-refractivity contribution >= 4 is 6.03 Å². The van der Waals surface area contributed by atoms with Crippen LogP contribution in [-0.2, 0) is 11.8 Å². The zero-order valence-corrected chi connectivity index (χ0v) is 10.8. The maximum atomic E-state index is 11.3. The normalized spacial score (nSPS) is 12.2. The molecule has 1 heterocycles. The van der Waals surface area contributed by atoms with Crippen molar-refractivity contribution in [2.75, 3.05) is 26.8 Å². The van der Waals surface area contributed by atoms with Crippen molar-refractivity contribution in [2.45, 2.75) is 12.5 Å². The molecule has 0 aliphatic carbocycles. The van der Waals surface area contributed by atoms with Gasteiger partial charge in [0.25, 0.3) is 0 Å². The van der Waals surface area contributed by atoms with Crippen LogP contribution in [0.25, 0.3) is 0 Å². The molecule has 0 saturated carbocycles. The highest BCUT2D eigenvalue weighted by Gasteiger charge is 2.10. The van der Waals surface area contributed by atoms with Gasteiger partial charge in [0.2, 0.25) is 0 Å². The van der Waals surface area contributed by atoms with E-state index in [0.717, 1.165) is 5.69 Å². The van der Waals surface area contributed by atoms with Gasteiger partial charge in [0, 0.05) is 39.1 Å². The molecule has 1 rings (SSSR count). The lowest BCUT2D eigenvalue weighted by Crippen LogP contribution is -2.38. The first-order valence-electron chi connectivity index (χ1n) is 5.95. The molecular weight excluding hydrogens is 234 g/mol. The van der Waals surface area contributed by atoms with Crippen molar-refractivity contribution < 1.29 is 14.6 Å². The number of carbonyl (C=O) groups excluding carboxylic acids is 1. The van der Waals surface area contributed by atoms with Gasteiger partial charge in [-0.1, -0.05) is 0 Å². The lowest BCUT2D eigenvalue weighted by molar-refractivity contribution is 0.158. The van der Waals surface area contributed by atoms with Gasteiger partial charge in [-0.15, -0.1) is 0 Å². The molecule has 18 heavy (non-hydrogen) atoms. The third kappa shape index (κ3) is 4.77. The van der Waals surface area contributed by atoms with Gasteiger partial charge in [0.15, 0.2) is 0 Å². The fourth-order valence-corrected chi connectivity index (χ4v) is 1.62. The number of nitrogens with one attached hydrogen (secondary N) is 2. The number of urea groups is 1. The van der Waals surface area contributed by atoms with Crippen LogP contribution in [0.2, 0.25) is 0 Å². The Labute approximate surface area is 107 Å². The van der Waals surface area contributed by atoms with E-state index < -0.39 is 6.10 Å². The monoisotopic (exact) mass is 255 g/mol. The molecule has 0 aliphatic heterocycles. The number of nitrogens with zero attached hydrogens (tertiary/aromatic N) is 1. The number of hydrogen-bond donors (Lipinski definition) is 3. The van der Waals surface area contributed by atoms with Crippen molar-refractivity contribution in [1.29, 1.82) is 0 Å². The number of methoxy groups -OCH3 is 1. The van der Waals surface area contributed by atoms with Crippen molar-refractivity contribution in [3.05, 3.63) is 24.0 Å². The van der Waals surface area contributed by atoms with E-state index in [-0.39, 0.29) is 6.03 Å². The van der Waals surface area contributed by atoms with Crippen molar-refractivity contribution in [3.63, 3.8) is 0 Å². The zero-order chi connectivity index (χ0) is 13.4. The minimum Gasteiger partial charge on any atom is -0.387 e. The molecule has 1 aromatic rings. The summed E-state index contributed by atoms with van der Waals surface area (Å²) in [4.78, 5) is 11.3. The molecule has 0 aliphatic rings. The van der Waals surface area contributed by atoms with E-state index in [4.69, 9.17) is 4.74 Å². The second-order valence-corrected chi connectivity index (χ2v) is 4.02. The van der Waals surface area contributed by atoms with E-state index in [0.29, 0.717) is 26.1 Å². The summed E-state index contributed by atoms with van der Waals surface area (Å²) in [5, 5.41) is 15.2. The summed E-state index contributed by atoms with van der Waals surface area (Å²) in [6.07, 6.45) is 1.79. The van der Waals surface area contributed by atoms with Crippen LogP contribution in [0, 0.1) is 0 Å². The Balaban J connectivity index is 2.18. The molecule has 0 saturated heterocycles. The predicted molar refractivity (Wildman–Crippen MR) is 68.3 cm³/mol. The van der Waals surface area contributed by atoms with Crippen LogP contribution in [0.4, 0.5) is 4.79 Å². The topological polar surface area (TPSA) is 75.5 Å². The Kier molecular flexibility index (Phi) is 6.24. The minimum absolute atomic E-state index is 0.244. The van der Waals surface area contributed by atoms with Gasteiger partial charge in [0.1, 0.15) is 0 Å². The number of aromatic nitrogens is 1. The number of aliphatic hydroxyl groups excluding tert-OH is 1. The number of aryl methyl sites for hydroxylation is 1. The van der Waals surface area contributed by atoms with E-state index in [1.165, 1.54) is 0 Å². The van der Waals surface area contributed by atoms with Crippen LogP contribution in [0.5, 0.6) is 0 Å². The highest BCUT2D eigenvalue weighted by Crippen LogP contribution is 2.15. The smallest absolute Gasteiger partial charge is 0.314 e. The third-order valence-corrected chi connectivity index (χ3v) is 2.62. The summed E-state index contributed by atoms with van der Waals surface area (Å²) >= 11 is 0. The van der Waals surface area contributed by atoms with Gasteiger partial charge in [-0.2, -0.15) is 0 Å². The Bertz CT molecular complexity index is 365. The van der Waals surface area contributed by atoms with Gasteiger partial charge >= 0.3 is 6.03 Å². The second kappa shape index (κ2) is 7.73. The van der Waals surface area contributed by atoms with Crippen LogP contribution < -0.4 is 10.6 Å². The Morgan fingerprint density at radius 2 is 2.22 bits per heavy atom. The van der Waals surface area contributed by atoms with Gasteiger partial charge in [0.05, 0.1) is 12.7 Å². The summed E-state index contributed by atoms with van der Waals surface area (Å²) < 4.78 is 6.68. The van der Waals surface area contributed by atoms with Crippen molar-refractivity contribution in [2.24, 2.45) is 7.05 Å². The zero-order valence-electron chi connectivity index (χ0n) is 10.8. The minimum atomic E-state index is -0.565. The van der Waals surface area contributed by atoms with E-state index in [1.54, 1.807) is 7.11 Å². The molecule has 0 spiro atoms. The fourth-order valence-electron chi connectivity index (χ4n) is 1.62. The first kappa shape index (κ1) is 14.5. The first-order chi connectivity index (χ1) is 8.65. The Morgan fingerprint density at radius 1 is 1.50 bits per heavy atom. The standard InChI is InChI=1S/C12H21N3O3/c1-15-8-3-4-10(15)11(16)5-6-13-12(17)14-7-9-18-2/h3-4,8,11,16H,5-7,9H2,1-2H3,(H2,13,14,17). The highest BCUT2D eigenvalue weighted by molar-refractivity contribution is 5.73. The number of ether oxygens (including phenoxy) is 1. The van der Waals surface area contributed by atoms with Crippen LogP contribution >= 0.6 is 0 Å². The van der Waals surface area contributed by atoms with Gasteiger partial charge < -0.3 is 25.0 Å². The highest BCUT2D eigenvalue weighted by atomic mass is 16.5. The average molecular weight is 255 g/mol. The summed E-state index contributed by atoms with van der Waals surface area (Å²) in [5.74, 6) is 0. The van der Waals surface area contributed by atoms with Crippen LogP contribution in [-0.4, -0.2) is 42.5 Å². The largest absolute Gasteiger partial charge is 0.387 e. The van der Waals surface area contributed by atoms with E-state index in [9.17, 15) is 9.90 Å². The molecule has 1 atom stereocenters. The van der Waals surface area contributed by atoms with Crippen LogP contribution in [0.15, 0.2) is 18.3 Å². The molecule has 6 nitrogen and oxygen atoms in total. The molecule has 0 bridgehead atoms. The SMILES string of the molecule is COCCNC(=O)NCCC(O)c1cccn1C. The fraction of sp³-hybridized carbons (Fsp3) is 0.583. The molecule has 1 aromatic heterocycles. The Hall–Kier alpha value is -1.53. The van der Waals surface area contributed by atoms with Gasteiger partial charge in [-0.25, -0.2) is 4.79 Å². The third-order valence-electron chi connectivity index (χ3n) is 2.62. The van der Waals surface area contributed by atoms with E-state index >= 15 is 0 Å². The molecule has 0 aromatic carbocycles. The van der Waals surface area contributed by atoms with E-state index in [1.807, 2.05) is 29.9 Å². The van der Waals surface area contributed by atoms with Crippen LogP contribution in [0.3, 0.4) is 0 Å². The summed E-state index contributed by atoms with van der Waals surface area (Å²) in [5.41, 5.74) is 0.844. The Morgan fingerprint density at radius 3 is 2.83 bits per heavy atom. The summed E-state index contributed by atoms with van der Waals surface area (Å²) in [6, 6.07) is 3.50. The van der Waals surface area contributed by atoms with Crippen molar-refractivity contribution in [1.82, 2.24) is 15.2 Å². The molecule has 6 heteroatoms. The molecule has 102 valence electrons. The second-order valence-electron chi connectivity index (χ2n) is 4.02. The molecule has 0 radical (unpaired) electrons. The van der Waals surface area contributed by atoms with Gasteiger partial charge in [-0.05, 0) is 18.6 Å². The van der Waals surface area contributed by atoms with Crippen LogP contribution in [0.1, 0.15) is 18.2 Å². The molecular formula is C12H21N3O3. The maximum absolute atomic E-state index is 11.3. The quantitative estimate of drug-likeness (QED) is 0.617. The summed E-state index contributed by atoms with van der Waals surface area (Å²) in [6.45, 7) is 1.38. The molecule has 1 unspecified atom stereocenters. The number of amides is 2. The van der Waals surface area contributed by atoms with Crippen molar-refractivity contribution in [3.8, 4) is 0 Å². The lowest BCUT2D eigenvalue weighted by Gasteiger charge is -2.12. The average Bonchev–Trinajstić information content (AvgIpc) is 2.76. The summed E-state index contributed by atoms with van der Waals surface area (Å²) in [7, 11) is 3.46. The first-order valence-corrected chi connectivity index (χ1v) is 5.95. The maximum Gasteiger partial charge on any atom is 0.314 e. The van der Waals surface area contributed by atoms with E-state index in [2.05, 4.69) is 10.6 Å². The molecule has 0 fully saturated rings. The van der Waals surface area contributed by atoms with Gasteiger partial charge in [-0.3, -0.25) is 0 Å². The molecule has 3 N–H and O–H groups in total. The number of rotatable bonds is 7. The number of aliphatic hydroxyl groups is 1.